The number of benzene rings is 1. The number of hydrazone groups is 1. The molecule has 1 atom stereocenters. The van der Waals surface area contributed by atoms with Crippen molar-refractivity contribution < 1.29 is 9.90 Å². The normalized spacial score (nSPS) is 17.6. The molecule has 20 heavy (non-hydrogen) atoms. The van der Waals surface area contributed by atoms with Gasteiger partial charge in [-0.25, -0.2) is 0 Å². The summed E-state index contributed by atoms with van der Waals surface area (Å²) in [4.78, 5) is 11.1. The molecule has 1 unspecified atom stereocenters. The highest BCUT2D eigenvalue weighted by atomic mass is 32.1. The van der Waals surface area contributed by atoms with Gasteiger partial charge in [0.15, 0.2) is 0 Å². The average molecular weight is 292 g/mol. The molecule has 0 saturated heterocycles. The van der Waals surface area contributed by atoms with Gasteiger partial charge < -0.3 is 5.11 Å². The molecule has 0 saturated carbocycles. The van der Waals surface area contributed by atoms with Crippen LogP contribution in [-0.2, 0) is 4.79 Å². The van der Waals surface area contributed by atoms with Crippen molar-refractivity contribution in [3.8, 4) is 0 Å². The lowest BCUT2D eigenvalue weighted by Gasteiger charge is -2.34. The third-order valence-electron chi connectivity index (χ3n) is 3.50. The first kappa shape index (κ1) is 14.9. The molecule has 0 fully saturated rings. The Bertz CT molecular complexity index is 516. The molecule has 1 aromatic carbocycles. The molecule has 108 valence electrons. The number of thiol groups is 1. The quantitative estimate of drug-likeness (QED) is 0.625. The first-order valence-corrected chi connectivity index (χ1v) is 7.43. The van der Waals surface area contributed by atoms with E-state index in [1.54, 1.807) is 0 Å². The van der Waals surface area contributed by atoms with Crippen LogP contribution in [0, 0.1) is 0 Å². The van der Waals surface area contributed by atoms with Crippen molar-refractivity contribution in [1.29, 1.82) is 0 Å². The maximum atomic E-state index is 11.1. The highest BCUT2D eigenvalue weighted by Gasteiger charge is 2.28. The van der Waals surface area contributed by atoms with Crippen molar-refractivity contribution in [1.82, 2.24) is 5.01 Å². The summed E-state index contributed by atoms with van der Waals surface area (Å²) >= 11 is 4.44. The Morgan fingerprint density at radius 1 is 1.40 bits per heavy atom. The molecule has 1 N–H and O–H groups in total. The van der Waals surface area contributed by atoms with Gasteiger partial charge in [0.25, 0.3) is 0 Å². The number of carbonyl (C=O) groups is 1. The van der Waals surface area contributed by atoms with Crippen molar-refractivity contribution in [3.63, 3.8) is 0 Å². The smallest absolute Gasteiger partial charge is 0.305 e. The number of carboxylic acid groups (broad SMARTS) is 1. The molecule has 1 heterocycles. The Labute approximate surface area is 124 Å². The highest BCUT2D eigenvalue weighted by Crippen LogP contribution is 2.33. The van der Waals surface area contributed by atoms with Gasteiger partial charge in [-0.05, 0) is 12.0 Å². The number of aliphatic carboxylic acids is 1. The van der Waals surface area contributed by atoms with Crippen LogP contribution in [0.3, 0.4) is 0 Å². The minimum atomic E-state index is -0.803. The Morgan fingerprint density at radius 2 is 2.15 bits per heavy atom. The molecule has 1 aromatic rings. The molecule has 4 nitrogen and oxygen atoms in total. The molecule has 2 rings (SSSR count). The molecule has 0 amide bonds. The fourth-order valence-corrected chi connectivity index (χ4v) is 2.83. The van der Waals surface area contributed by atoms with Crippen molar-refractivity contribution in [2.45, 2.75) is 38.6 Å². The zero-order valence-corrected chi connectivity index (χ0v) is 12.5. The second kappa shape index (κ2) is 6.79. The lowest BCUT2D eigenvalue weighted by atomic mass is 9.96. The number of nitrogens with zero attached hydrogens (tertiary/aromatic N) is 2. The Kier molecular flexibility index (Phi) is 5.06. The van der Waals surface area contributed by atoms with Gasteiger partial charge in [0.05, 0.1) is 12.5 Å². The van der Waals surface area contributed by atoms with Gasteiger partial charge in [-0.3, -0.25) is 9.80 Å². The second-order valence-corrected chi connectivity index (χ2v) is 5.42. The molecular weight excluding hydrogens is 272 g/mol. The van der Waals surface area contributed by atoms with Crippen LogP contribution >= 0.6 is 12.6 Å². The van der Waals surface area contributed by atoms with Crippen LogP contribution in [0.25, 0.3) is 0 Å². The van der Waals surface area contributed by atoms with E-state index in [1.807, 2.05) is 29.3 Å². The van der Waals surface area contributed by atoms with E-state index in [9.17, 15) is 4.79 Å². The van der Waals surface area contributed by atoms with E-state index in [-0.39, 0.29) is 12.5 Å². The maximum Gasteiger partial charge on any atom is 0.305 e. The summed E-state index contributed by atoms with van der Waals surface area (Å²) in [5.74, 6) is -0.803. The summed E-state index contributed by atoms with van der Waals surface area (Å²) in [5, 5.41) is 16.2. The molecule has 5 heteroatoms. The maximum absolute atomic E-state index is 11.1. The second-order valence-electron chi connectivity index (χ2n) is 4.99. The zero-order chi connectivity index (χ0) is 14.5. The van der Waals surface area contributed by atoms with E-state index in [2.05, 4.69) is 24.7 Å². The number of hydrogen-bond donors (Lipinski definition) is 2. The van der Waals surface area contributed by atoms with E-state index in [0.29, 0.717) is 5.04 Å². The predicted molar refractivity (Wildman–Crippen MR) is 83.2 cm³/mol. The summed E-state index contributed by atoms with van der Waals surface area (Å²) in [6.45, 7) is 2.91. The molecule has 1 aliphatic rings. The largest absolute Gasteiger partial charge is 0.481 e. The van der Waals surface area contributed by atoms with Crippen molar-refractivity contribution in [2.75, 3.05) is 6.54 Å². The van der Waals surface area contributed by atoms with Crippen LogP contribution in [0.1, 0.15) is 49.8 Å². The molecule has 0 spiro atoms. The first-order chi connectivity index (χ1) is 9.63. The summed E-state index contributed by atoms with van der Waals surface area (Å²) in [5.41, 5.74) is 1.94. The summed E-state index contributed by atoms with van der Waals surface area (Å²) in [6, 6.07) is 7.58. The van der Waals surface area contributed by atoms with Crippen LogP contribution in [0.5, 0.6) is 0 Å². The minimum absolute atomic E-state index is 0.0632. The van der Waals surface area contributed by atoms with Gasteiger partial charge >= 0.3 is 5.97 Å². The fraction of sp³-hybridized carbons (Fsp3) is 0.467. The Balaban J connectivity index is 2.27. The van der Waals surface area contributed by atoms with Crippen LogP contribution in [0.4, 0.5) is 0 Å². The van der Waals surface area contributed by atoms with Gasteiger partial charge in [-0.1, -0.05) is 44.0 Å². The third-order valence-corrected chi connectivity index (χ3v) is 3.83. The Morgan fingerprint density at radius 3 is 2.85 bits per heavy atom. The first-order valence-electron chi connectivity index (χ1n) is 6.98. The van der Waals surface area contributed by atoms with Crippen molar-refractivity contribution in [2.24, 2.45) is 5.10 Å². The molecule has 1 aliphatic heterocycles. The predicted octanol–water partition coefficient (Wildman–Crippen LogP) is 3.30. The zero-order valence-electron chi connectivity index (χ0n) is 11.6. The van der Waals surface area contributed by atoms with Crippen LogP contribution < -0.4 is 0 Å². The molecule has 0 bridgehead atoms. The van der Waals surface area contributed by atoms with E-state index in [4.69, 9.17) is 5.11 Å². The van der Waals surface area contributed by atoms with Gasteiger partial charge in [-0.2, -0.15) is 5.10 Å². The van der Waals surface area contributed by atoms with E-state index < -0.39 is 5.97 Å². The SMILES string of the molecule is CCCCCN1N=C(S)c2ccccc2C1CC(=O)O. The van der Waals surface area contributed by atoms with Crippen molar-refractivity contribution >= 4 is 23.6 Å². The van der Waals surface area contributed by atoms with Crippen LogP contribution in [0.2, 0.25) is 0 Å². The monoisotopic (exact) mass is 292 g/mol. The number of hydrogen-bond acceptors (Lipinski definition) is 3. The Hall–Kier alpha value is -1.49. The van der Waals surface area contributed by atoms with Crippen LogP contribution in [-0.4, -0.2) is 27.7 Å². The fourth-order valence-electron chi connectivity index (χ4n) is 2.51. The molecule has 0 aliphatic carbocycles. The lowest BCUT2D eigenvalue weighted by Crippen LogP contribution is -2.32. The minimum Gasteiger partial charge on any atom is -0.481 e. The van der Waals surface area contributed by atoms with E-state index in [1.165, 1.54) is 0 Å². The standard InChI is InChI=1S/C15H20N2O2S/c1-2-3-6-9-17-13(10-14(18)19)11-7-4-5-8-12(11)15(20)16-17/h4-5,7-8,13H,2-3,6,9-10H2,1H3,(H,16,20)(H,18,19). The van der Waals surface area contributed by atoms with Gasteiger partial charge in [0.1, 0.15) is 5.04 Å². The van der Waals surface area contributed by atoms with E-state index >= 15 is 0 Å². The van der Waals surface area contributed by atoms with E-state index in [0.717, 1.165) is 36.9 Å². The number of carboxylic acids is 1. The summed E-state index contributed by atoms with van der Waals surface area (Å²) in [7, 11) is 0. The van der Waals surface area contributed by atoms with Gasteiger partial charge in [-0.15, -0.1) is 12.6 Å². The third kappa shape index (κ3) is 3.33. The van der Waals surface area contributed by atoms with Gasteiger partial charge in [0.2, 0.25) is 0 Å². The van der Waals surface area contributed by atoms with Crippen molar-refractivity contribution in [3.05, 3.63) is 35.4 Å². The topological polar surface area (TPSA) is 52.9 Å². The van der Waals surface area contributed by atoms with Gasteiger partial charge in [0, 0.05) is 12.1 Å². The summed E-state index contributed by atoms with van der Waals surface area (Å²) < 4.78 is 0. The number of rotatable bonds is 6. The van der Waals surface area contributed by atoms with Crippen LogP contribution in [0.15, 0.2) is 29.4 Å². The molecule has 0 radical (unpaired) electrons. The lowest BCUT2D eigenvalue weighted by molar-refractivity contribution is -0.138. The number of fused-ring (bicyclic) bond motifs is 1. The summed E-state index contributed by atoms with van der Waals surface area (Å²) in [6.07, 6.45) is 3.33. The number of unbranched alkanes of at least 4 members (excludes halogenated alkanes) is 2. The molecular formula is C15H20N2O2S. The molecule has 0 aromatic heterocycles. The average Bonchev–Trinajstić information content (AvgIpc) is 2.43. The highest BCUT2D eigenvalue weighted by molar-refractivity contribution is 7.97.